The van der Waals surface area contributed by atoms with Gasteiger partial charge >= 0.3 is 0 Å². The number of hydrogen-bond acceptors (Lipinski definition) is 5. The van der Waals surface area contributed by atoms with Gasteiger partial charge in [0, 0.05) is 35.8 Å². The van der Waals surface area contributed by atoms with Gasteiger partial charge in [-0.2, -0.15) is 0 Å². The van der Waals surface area contributed by atoms with Crippen molar-refractivity contribution in [2.45, 2.75) is 32.4 Å². The van der Waals surface area contributed by atoms with Gasteiger partial charge in [0.15, 0.2) is 0 Å². The highest BCUT2D eigenvalue weighted by Crippen LogP contribution is 2.47. The molecule has 2 N–H and O–H groups in total. The predicted octanol–water partition coefficient (Wildman–Crippen LogP) is 5.64. The number of ether oxygens (including phenoxy) is 2. The Morgan fingerprint density at radius 3 is 2.55 bits per heavy atom. The van der Waals surface area contributed by atoms with Gasteiger partial charge < -0.3 is 19.7 Å². The quantitative estimate of drug-likeness (QED) is 0.510. The van der Waals surface area contributed by atoms with E-state index in [1.807, 2.05) is 0 Å². The summed E-state index contributed by atoms with van der Waals surface area (Å²) in [7, 11) is 0. The maximum absolute atomic E-state index is 10.1. The summed E-state index contributed by atoms with van der Waals surface area (Å²) in [5.74, 6) is 0.248. The fourth-order valence-electron chi connectivity index (χ4n) is 4.22. The van der Waals surface area contributed by atoms with Gasteiger partial charge in [-0.15, -0.1) is 0 Å². The van der Waals surface area contributed by atoms with E-state index in [-0.39, 0.29) is 46.8 Å². The number of benzene rings is 3. The highest BCUT2D eigenvalue weighted by atomic mass is 16.5. The topological polar surface area (TPSA) is 62.2 Å². The Labute approximate surface area is 202 Å². The number of phenols is 2. The van der Waals surface area contributed by atoms with Gasteiger partial charge in [0.25, 0.3) is 0 Å². The van der Waals surface area contributed by atoms with Gasteiger partial charge in [0.1, 0.15) is 35.2 Å². The maximum atomic E-state index is 10.1. The van der Waals surface area contributed by atoms with Crippen molar-refractivity contribution in [1.29, 1.82) is 0 Å². The van der Waals surface area contributed by atoms with E-state index >= 15 is 0 Å². The van der Waals surface area contributed by atoms with Gasteiger partial charge in [-0.05, 0) is 72.9 Å². The molecule has 1 unspecified atom stereocenters. The first-order valence-corrected chi connectivity index (χ1v) is 10.9. The average Bonchev–Trinajstić information content (AvgIpc) is 2.85. The van der Waals surface area contributed by atoms with E-state index < -0.39 is 13.0 Å². The minimum atomic E-state index is -2.56. The zero-order valence-electron chi connectivity index (χ0n) is 24.0. The van der Waals surface area contributed by atoms with Crippen LogP contribution in [0.2, 0.25) is 0 Å². The van der Waals surface area contributed by atoms with Crippen LogP contribution in [0, 0.1) is 0 Å². The van der Waals surface area contributed by atoms with Crippen LogP contribution in [-0.2, 0) is 0 Å². The fraction of sp³-hybridized carbons (Fsp3) is 0.286. The molecule has 0 amide bonds. The molecule has 5 heteroatoms. The van der Waals surface area contributed by atoms with Crippen molar-refractivity contribution in [3.8, 4) is 23.0 Å². The summed E-state index contributed by atoms with van der Waals surface area (Å²) in [6.45, 7) is -0.0368. The summed E-state index contributed by atoms with van der Waals surface area (Å²) in [6, 6.07) is 13.3. The van der Waals surface area contributed by atoms with Crippen molar-refractivity contribution in [3.63, 3.8) is 0 Å². The van der Waals surface area contributed by atoms with E-state index in [0.717, 1.165) is 13.0 Å². The first-order chi connectivity index (χ1) is 18.5. The molecule has 0 radical (unpaired) electrons. The second kappa shape index (κ2) is 8.83. The van der Waals surface area contributed by atoms with Crippen LogP contribution in [0.1, 0.15) is 51.2 Å². The lowest BCUT2D eigenvalue weighted by atomic mass is 9.86. The van der Waals surface area contributed by atoms with E-state index in [1.54, 1.807) is 12.1 Å². The summed E-state index contributed by atoms with van der Waals surface area (Å²) in [5.41, 5.74) is 1.55. The molecule has 2 aliphatic heterocycles. The van der Waals surface area contributed by atoms with Crippen molar-refractivity contribution >= 4 is 11.1 Å². The third-order valence-electron chi connectivity index (χ3n) is 5.91. The smallest absolute Gasteiger partial charge is 0.150 e. The number of aromatic hydroxyl groups is 2. The van der Waals surface area contributed by atoms with E-state index in [9.17, 15) is 10.2 Å². The summed E-state index contributed by atoms with van der Waals surface area (Å²) in [6.07, 6.45) is -0.373. The maximum Gasteiger partial charge on any atom is 0.150 e. The molecule has 2 heterocycles. The lowest BCUT2D eigenvalue weighted by molar-refractivity contribution is 0.0202. The Morgan fingerprint density at radius 2 is 1.82 bits per heavy atom. The van der Waals surface area contributed by atoms with Gasteiger partial charge in [0.05, 0.1) is 2.74 Å². The Bertz CT molecular complexity index is 1380. The van der Waals surface area contributed by atoms with E-state index in [1.165, 1.54) is 42.5 Å². The van der Waals surface area contributed by atoms with Crippen LogP contribution >= 0.6 is 0 Å². The highest BCUT2D eigenvalue weighted by molar-refractivity contribution is 5.95. The Balaban J connectivity index is 1.57. The average molecular weight is 450 g/mol. The van der Waals surface area contributed by atoms with Crippen molar-refractivity contribution in [2.24, 2.45) is 0 Å². The number of hydrogen-bond donors (Lipinski definition) is 2. The van der Waals surface area contributed by atoms with Crippen LogP contribution in [-0.4, -0.2) is 40.9 Å². The van der Waals surface area contributed by atoms with Crippen LogP contribution in [0.3, 0.4) is 0 Å². The standard InChI is InChI=1S/C28H29NO4/c1-3-14-29-16-24(17-29)32-23-11-6-20(7-12-23)28-27(19-4-8-21(30)9-5-19)18(2)25-13-10-22(31)15-26(25)33-28/h4-13,15,24,28,30-31H,3,14,16-17H2,1-2H3/i1D,2D3,11D,12D. The van der Waals surface area contributed by atoms with Crippen molar-refractivity contribution in [3.05, 3.63) is 83.4 Å². The van der Waals surface area contributed by atoms with E-state index in [2.05, 4.69) is 4.90 Å². The van der Waals surface area contributed by atoms with Gasteiger partial charge in [-0.25, -0.2) is 0 Å². The molecule has 2 aliphatic rings. The lowest BCUT2D eigenvalue weighted by Gasteiger charge is -2.38. The molecule has 1 saturated heterocycles. The Kier molecular flexibility index (Phi) is 4.12. The molecule has 0 aliphatic carbocycles. The van der Waals surface area contributed by atoms with Crippen LogP contribution in [0.25, 0.3) is 11.1 Å². The molecule has 170 valence electrons. The van der Waals surface area contributed by atoms with Crippen molar-refractivity contribution in [1.82, 2.24) is 4.90 Å². The van der Waals surface area contributed by atoms with Crippen LogP contribution in [0.4, 0.5) is 0 Å². The molecule has 5 rings (SSSR count). The second-order valence-corrected chi connectivity index (χ2v) is 8.27. The first kappa shape index (κ1) is 15.4. The van der Waals surface area contributed by atoms with Gasteiger partial charge in [-0.3, -0.25) is 4.90 Å². The zero-order valence-corrected chi connectivity index (χ0v) is 18.0. The molecule has 1 atom stereocenters. The van der Waals surface area contributed by atoms with Crippen molar-refractivity contribution < 1.29 is 27.9 Å². The first-order valence-electron chi connectivity index (χ1n) is 14.1. The summed E-state index contributed by atoms with van der Waals surface area (Å²) in [4.78, 5) is 2.16. The molecule has 0 bridgehead atoms. The third-order valence-corrected chi connectivity index (χ3v) is 5.91. The summed E-state index contributed by atoms with van der Waals surface area (Å²) < 4.78 is 61.9. The third kappa shape index (κ3) is 4.29. The predicted molar refractivity (Wildman–Crippen MR) is 130 cm³/mol. The summed E-state index contributed by atoms with van der Waals surface area (Å²) in [5, 5.41) is 19.9. The molecule has 33 heavy (non-hydrogen) atoms. The fourth-order valence-corrected chi connectivity index (χ4v) is 4.22. The lowest BCUT2D eigenvalue weighted by Crippen LogP contribution is -2.53. The van der Waals surface area contributed by atoms with Crippen LogP contribution in [0.5, 0.6) is 23.0 Å². The molecule has 0 spiro atoms. The largest absolute Gasteiger partial charge is 0.508 e. The SMILES string of the molecule is [2H]CCCN1CC(Oc2c([2H])cc(C3Oc4cc(O)ccc4C(C([2H])([2H])[2H])=C3c3ccc(O)cc3)cc2[2H])C1. The number of phenolic OH excluding ortho intramolecular Hbond substituents is 2. The Hall–Kier alpha value is -3.44. The molecule has 5 nitrogen and oxygen atoms in total. The van der Waals surface area contributed by atoms with Crippen molar-refractivity contribution in [2.75, 3.05) is 19.6 Å². The molecule has 3 aromatic carbocycles. The highest BCUT2D eigenvalue weighted by Gasteiger charge is 2.30. The zero-order chi connectivity index (χ0) is 27.9. The monoisotopic (exact) mass is 449 g/mol. The van der Waals surface area contributed by atoms with E-state index in [4.69, 9.17) is 17.7 Å². The second-order valence-electron chi connectivity index (χ2n) is 8.27. The molecule has 0 saturated carbocycles. The van der Waals surface area contributed by atoms with Gasteiger partial charge in [0.2, 0.25) is 0 Å². The number of rotatable bonds is 6. The number of likely N-dealkylation sites (tertiary alicyclic amines) is 1. The number of nitrogens with zero attached hydrogens (tertiary/aromatic N) is 1. The number of fused-ring (bicyclic) bond motifs is 1. The molecular formula is C28H29NO4. The molecular weight excluding hydrogens is 414 g/mol. The normalized spacial score (nSPS) is 21.4. The molecule has 3 aromatic rings. The van der Waals surface area contributed by atoms with Gasteiger partial charge in [-0.1, -0.05) is 31.2 Å². The van der Waals surface area contributed by atoms with Crippen LogP contribution < -0.4 is 9.47 Å². The summed E-state index contributed by atoms with van der Waals surface area (Å²) >= 11 is 0. The van der Waals surface area contributed by atoms with Crippen LogP contribution in [0.15, 0.2) is 66.7 Å². The minimum Gasteiger partial charge on any atom is -0.508 e. The molecule has 0 aromatic heterocycles. The van der Waals surface area contributed by atoms with E-state index in [0.29, 0.717) is 42.3 Å². The number of allylic oxidation sites excluding steroid dienone is 1. The molecule has 1 fully saturated rings. The minimum absolute atomic E-state index is 0.0195. The Morgan fingerprint density at radius 1 is 1.06 bits per heavy atom.